The van der Waals surface area contributed by atoms with Gasteiger partial charge in [0.15, 0.2) is 11.5 Å². The fourth-order valence-corrected chi connectivity index (χ4v) is 2.73. The molecule has 0 amide bonds. The standard InChI is InChI=1S/C18H15ClN6/c19-13-6-4-12(5-7-13)10-22-16-3-1-2-14(24-16)15-11-23-18-17(20)21-8-9-25(15)18/h1-9,11H,10H2,(H2,20,21)(H,22,24). The maximum absolute atomic E-state index is 5.91. The van der Waals surface area contributed by atoms with Gasteiger partial charge < -0.3 is 11.1 Å². The van der Waals surface area contributed by atoms with Crippen molar-refractivity contribution >= 4 is 28.9 Å². The Labute approximate surface area is 149 Å². The van der Waals surface area contributed by atoms with Crippen LogP contribution in [0.4, 0.5) is 11.6 Å². The van der Waals surface area contributed by atoms with Gasteiger partial charge in [0.1, 0.15) is 5.82 Å². The Morgan fingerprint density at radius 1 is 1.08 bits per heavy atom. The highest BCUT2D eigenvalue weighted by Gasteiger charge is 2.10. The number of rotatable bonds is 4. The van der Waals surface area contributed by atoms with E-state index in [0.717, 1.165) is 27.8 Å². The van der Waals surface area contributed by atoms with Gasteiger partial charge in [-0.2, -0.15) is 0 Å². The number of hydrogen-bond acceptors (Lipinski definition) is 5. The fourth-order valence-electron chi connectivity index (χ4n) is 2.60. The van der Waals surface area contributed by atoms with Crippen molar-refractivity contribution in [1.29, 1.82) is 0 Å². The first kappa shape index (κ1) is 15.4. The number of fused-ring (bicyclic) bond motifs is 1. The first-order valence-electron chi connectivity index (χ1n) is 7.74. The van der Waals surface area contributed by atoms with Gasteiger partial charge in [-0.05, 0) is 29.8 Å². The smallest absolute Gasteiger partial charge is 0.180 e. The van der Waals surface area contributed by atoms with Crippen molar-refractivity contribution in [2.75, 3.05) is 11.1 Å². The van der Waals surface area contributed by atoms with Gasteiger partial charge in [-0.1, -0.05) is 29.8 Å². The summed E-state index contributed by atoms with van der Waals surface area (Å²) in [6.45, 7) is 0.664. The SMILES string of the molecule is Nc1nccn2c(-c3cccc(NCc4ccc(Cl)cc4)n3)cnc12. The van der Waals surface area contributed by atoms with Crippen molar-refractivity contribution in [2.45, 2.75) is 6.54 Å². The molecule has 25 heavy (non-hydrogen) atoms. The summed E-state index contributed by atoms with van der Waals surface area (Å²) in [5.74, 6) is 1.18. The van der Waals surface area contributed by atoms with E-state index in [9.17, 15) is 0 Å². The molecule has 0 unspecified atom stereocenters. The summed E-state index contributed by atoms with van der Waals surface area (Å²) in [6, 6.07) is 13.5. The molecule has 3 aromatic heterocycles. The Morgan fingerprint density at radius 3 is 2.76 bits per heavy atom. The van der Waals surface area contributed by atoms with E-state index in [4.69, 9.17) is 17.3 Å². The molecule has 0 saturated heterocycles. The van der Waals surface area contributed by atoms with Crippen molar-refractivity contribution in [2.24, 2.45) is 0 Å². The molecule has 3 N–H and O–H groups in total. The van der Waals surface area contributed by atoms with Crippen molar-refractivity contribution < 1.29 is 0 Å². The molecule has 0 atom stereocenters. The molecule has 6 nitrogen and oxygen atoms in total. The Kier molecular flexibility index (Phi) is 3.95. The first-order chi connectivity index (χ1) is 12.2. The van der Waals surface area contributed by atoms with Crippen LogP contribution in [0.3, 0.4) is 0 Å². The highest BCUT2D eigenvalue weighted by molar-refractivity contribution is 6.30. The van der Waals surface area contributed by atoms with Crippen molar-refractivity contribution in [3.05, 3.63) is 71.6 Å². The summed E-state index contributed by atoms with van der Waals surface area (Å²) in [4.78, 5) is 13.1. The molecule has 7 heteroatoms. The van der Waals surface area contributed by atoms with E-state index in [-0.39, 0.29) is 0 Å². The largest absolute Gasteiger partial charge is 0.381 e. The zero-order valence-electron chi connectivity index (χ0n) is 13.2. The highest BCUT2D eigenvalue weighted by Crippen LogP contribution is 2.22. The average molecular weight is 351 g/mol. The number of hydrogen-bond donors (Lipinski definition) is 2. The lowest BCUT2D eigenvalue weighted by Crippen LogP contribution is -2.02. The number of imidazole rings is 1. The van der Waals surface area contributed by atoms with E-state index >= 15 is 0 Å². The molecule has 1 aromatic carbocycles. The van der Waals surface area contributed by atoms with Gasteiger partial charge in [0, 0.05) is 24.0 Å². The van der Waals surface area contributed by atoms with E-state index in [1.54, 1.807) is 12.4 Å². The van der Waals surface area contributed by atoms with Crippen LogP contribution in [-0.2, 0) is 6.54 Å². The Balaban J connectivity index is 1.60. The van der Waals surface area contributed by atoms with E-state index in [1.165, 1.54) is 0 Å². The summed E-state index contributed by atoms with van der Waals surface area (Å²) in [5, 5.41) is 4.05. The van der Waals surface area contributed by atoms with Crippen molar-refractivity contribution in [1.82, 2.24) is 19.4 Å². The number of nitrogen functional groups attached to an aromatic ring is 1. The van der Waals surface area contributed by atoms with E-state index in [0.29, 0.717) is 18.0 Å². The monoisotopic (exact) mass is 350 g/mol. The Morgan fingerprint density at radius 2 is 1.92 bits per heavy atom. The lowest BCUT2D eigenvalue weighted by atomic mass is 10.2. The molecule has 0 saturated carbocycles. The lowest BCUT2D eigenvalue weighted by Gasteiger charge is -2.08. The van der Waals surface area contributed by atoms with E-state index < -0.39 is 0 Å². The van der Waals surface area contributed by atoms with Gasteiger partial charge in [-0.15, -0.1) is 0 Å². The molecule has 0 radical (unpaired) electrons. The minimum atomic E-state index is 0.394. The van der Waals surface area contributed by atoms with Gasteiger partial charge in [0.25, 0.3) is 0 Å². The van der Waals surface area contributed by atoms with Crippen LogP contribution in [0.1, 0.15) is 5.56 Å². The normalized spacial score (nSPS) is 10.9. The average Bonchev–Trinajstić information content (AvgIpc) is 3.07. The summed E-state index contributed by atoms with van der Waals surface area (Å²) in [7, 11) is 0. The highest BCUT2D eigenvalue weighted by atomic mass is 35.5. The van der Waals surface area contributed by atoms with Gasteiger partial charge in [0.05, 0.1) is 17.6 Å². The number of pyridine rings is 1. The third kappa shape index (κ3) is 3.12. The number of aromatic nitrogens is 4. The zero-order chi connectivity index (χ0) is 17.2. The molecule has 0 aliphatic heterocycles. The van der Waals surface area contributed by atoms with Crippen LogP contribution in [-0.4, -0.2) is 19.4 Å². The quantitative estimate of drug-likeness (QED) is 0.587. The summed E-state index contributed by atoms with van der Waals surface area (Å²) >= 11 is 5.91. The molecule has 124 valence electrons. The van der Waals surface area contributed by atoms with Crippen LogP contribution >= 0.6 is 11.6 Å². The lowest BCUT2D eigenvalue weighted by molar-refractivity contribution is 1.10. The number of nitrogens with one attached hydrogen (secondary N) is 1. The van der Waals surface area contributed by atoms with Crippen molar-refractivity contribution in [3.63, 3.8) is 0 Å². The predicted molar refractivity (Wildman–Crippen MR) is 99.4 cm³/mol. The van der Waals surface area contributed by atoms with Gasteiger partial charge >= 0.3 is 0 Å². The molecular formula is C18H15ClN6. The molecule has 0 fully saturated rings. The number of nitrogens with zero attached hydrogens (tertiary/aromatic N) is 4. The van der Waals surface area contributed by atoms with Gasteiger partial charge in [-0.3, -0.25) is 4.40 Å². The van der Waals surface area contributed by atoms with Crippen LogP contribution in [0.2, 0.25) is 5.02 Å². The maximum Gasteiger partial charge on any atom is 0.180 e. The zero-order valence-corrected chi connectivity index (χ0v) is 14.0. The van der Waals surface area contributed by atoms with Crippen LogP contribution in [0.25, 0.3) is 17.0 Å². The van der Waals surface area contributed by atoms with E-state index in [2.05, 4.69) is 20.3 Å². The topological polar surface area (TPSA) is 81.1 Å². The van der Waals surface area contributed by atoms with Crippen LogP contribution in [0, 0.1) is 0 Å². The van der Waals surface area contributed by atoms with Gasteiger partial charge in [0.2, 0.25) is 0 Å². The number of benzene rings is 1. The second kappa shape index (κ2) is 6.41. The second-order valence-electron chi connectivity index (χ2n) is 5.54. The molecule has 0 spiro atoms. The van der Waals surface area contributed by atoms with Crippen molar-refractivity contribution in [3.8, 4) is 11.4 Å². The molecule has 0 aliphatic carbocycles. The number of halogens is 1. The second-order valence-corrected chi connectivity index (χ2v) is 5.97. The predicted octanol–water partition coefficient (Wildman–Crippen LogP) is 3.64. The van der Waals surface area contributed by atoms with Crippen LogP contribution < -0.4 is 11.1 Å². The molecule has 4 rings (SSSR count). The van der Waals surface area contributed by atoms with E-state index in [1.807, 2.05) is 53.1 Å². The third-order valence-corrected chi connectivity index (χ3v) is 4.11. The molecule has 0 aliphatic rings. The maximum atomic E-state index is 5.91. The third-order valence-electron chi connectivity index (χ3n) is 3.85. The molecule has 4 aromatic rings. The minimum absolute atomic E-state index is 0.394. The fraction of sp³-hybridized carbons (Fsp3) is 0.0556. The molecule has 3 heterocycles. The Hall–Kier alpha value is -3.12. The first-order valence-corrected chi connectivity index (χ1v) is 8.12. The minimum Gasteiger partial charge on any atom is -0.381 e. The van der Waals surface area contributed by atoms with Gasteiger partial charge in [-0.25, -0.2) is 15.0 Å². The number of nitrogens with two attached hydrogens (primary N) is 1. The molecular weight excluding hydrogens is 336 g/mol. The summed E-state index contributed by atoms with van der Waals surface area (Å²) < 4.78 is 1.88. The molecule has 0 bridgehead atoms. The number of anilines is 2. The Bertz CT molecular complexity index is 1030. The van der Waals surface area contributed by atoms with Crippen LogP contribution in [0.5, 0.6) is 0 Å². The summed E-state index contributed by atoms with van der Waals surface area (Å²) in [6.07, 6.45) is 5.22. The van der Waals surface area contributed by atoms with Crippen LogP contribution in [0.15, 0.2) is 61.1 Å². The summed E-state index contributed by atoms with van der Waals surface area (Å²) in [5.41, 5.74) is 9.28.